The standard InChI is InChI=1S/C29H29BrN6O3S/c30-25-18-32-36-28(16-26(33-29(25)36)24-12-4-5-13-27(24)37)31-17-21-8-6-14-34(19-21)20-22-9-7-15-35(22)40(38,39)23-10-2-1-3-11-23/h1-5,7,9-13,15-16,18,21,31,37H,6,8,14,17,19-20H2. The van der Waals surface area contributed by atoms with Gasteiger partial charge in [-0.1, -0.05) is 30.3 Å². The lowest BCUT2D eigenvalue weighted by Gasteiger charge is -2.33. The molecular weight excluding hydrogens is 592 g/mol. The molecule has 1 fully saturated rings. The molecule has 0 aliphatic carbocycles. The highest BCUT2D eigenvalue weighted by atomic mass is 79.9. The van der Waals surface area contributed by atoms with Crippen LogP contribution < -0.4 is 5.32 Å². The van der Waals surface area contributed by atoms with Gasteiger partial charge in [-0.05, 0) is 77.6 Å². The van der Waals surface area contributed by atoms with Gasteiger partial charge in [0.2, 0.25) is 0 Å². The van der Waals surface area contributed by atoms with Gasteiger partial charge in [0.15, 0.2) is 5.65 Å². The first-order valence-electron chi connectivity index (χ1n) is 13.2. The Hall–Kier alpha value is -3.67. The Bertz CT molecular complexity index is 1750. The molecule has 1 atom stereocenters. The van der Waals surface area contributed by atoms with Crippen LogP contribution in [0.1, 0.15) is 18.5 Å². The SMILES string of the molecule is O=S(=O)(c1ccccc1)n1cccc1CN1CCCC(CNc2cc(-c3ccccc3O)nc3c(Br)cnn23)C1. The first kappa shape index (κ1) is 26.5. The van der Waals surface area contributed by atoms with Crippen LogP contribution in [-0.2, 0) is 16.6 Å². The van der Waals surface area contributed by atoms with Crippen LogP contribution in [0, 0.1) is 5.92 Å². The van der Waals surface area contributed by atoms with E-state index < -0.39 is 10.0 Å². The number of hydrogen-bond acceptors (Lipinski definition) is 7. The fraction of sp³-hybridized carbons (Fsp3) is 0.241. The van der Waals surface area contributed by atoms with Crippen molar-refractivity contribution in [3.8, 4) is 17.0 Å². The van der Waals surface area contributed by atoms with Crippen LogP contribution in [0.15, 0.2) is 94.6 Å². The van der Waals surface area contributed by atoms with Crippen molar-refractivity contribution in [2.24, 2.45) is 5.92 Å². The third kappa shape index (κ3) is 5.24. The Balaban J connectivity index is 1.18. The number of piperidine rings is 1. The van der Waals surface area contributed by atoms with E-state index in [1.807, 2.05) is 30.3 Å². The molecule has 0 amide bonds. The van der Waals surface area contributed by atoms with Crippen LogP contribution >= 0.6 is 15.9 Å². The summed E-state index contributed by atoms with van der Waals surface area (Å²) < 4.78 is 30.4. The molecule has 0 saturated carbocycles. The van der Waals surface area contributed by atoms with Crippen molar-refractivity contribution in [1.82, 2.24) is 23.5 Å². The summed E-state index contributed by atoms with van der Waals surface area (Å²) in [5.41, 5.74) is 2.72. The van der Waals surface area contributed by atoms with Gasteiger partial charge < -0.3 is 10.4 Å². The molecule has 206 valence electrons. The normalized spacial score (nSPS) is 16.4. The first-order valence-corrected chi connectivity index (χ1v) is 15.4. The van der Waals surface area contributed by atoms with Crippen molar-refractivity contribution in [3.63, 3.8) is 0 Å². The summed E-state index contributed by atoms with van der Waals surface area (Å²) in [4.78, 5) is 7.32. The van der Waals surface area contributed by atoms with Gasteiger partial charge in [-0.2, -0.15) is 9.61 Å². The summed E-state index contributed by atoms with van der Waals surface area (Å²) in [5, 5.41) is 18.5. The fourth-order valence-corrected chi connectivity index (χ4v) is 7.03. The Morgan fingerprint density at radius 1 is 1.05 bits per heavy atom. The summed E-state index contributed by atoms with van der Waals surface area (Å²) in [6.45, 7) is 3.03. The number of phenols is 1. The summed E-state index contributed by atoms with van der Waals surface area (Å²) in [6.07, 6.45) is 5.43. The van der Waals surface area contributed by atoms with E-state index in [9.17, 15) is 13.5 Å². The van der Waals surface area contributed by atoms with Gasteiger partial charge in [-0.15, -0.1) is 0 Å². The number of fused-ring (bicyclic) bond motifs is 1. The second-order valence-corrected chi connectivity index (χ2v) is 12.7. The summed E-state index contributed by atoms with van der Waals surface area (Å²) in [7, 11) is -3.65. The minimum Gasteiger partial charge on any atom is -0.507 e. The van der Waals surface area contributed by atoms with Gasteiger partial charge in [0.05, 0.1) is 21.3 Å². The largest absolute Gasteiger partial charge is 0.507 e. The monoisotopic (exact) mass is 620 g/mol. The quantitative estimate of drug-likeness (QED) is 0.245. The van der Waals surface area contributed by atoms with Gasteiger partial charge >= 0.3 is 0 Å². The van der Waals surface area contributed by atoms with Crippen molar-refractivity contribution >= 4 is 37.4 Å². The maximum Gasteiger partial charge on any atom is 0.267 e. The van der Waals surface area contributed by atoms with Crippen molar-refractivity contribution in [2.75, 3.05) is 25.0 Å². The molecule has 4 heterocycles. The predicted octanol–water partition coefficient (Wildman–Crippen LogP) is 5.23. The molecule has 6 rings (SSSR count). The molecule has 11 heteroatoms. The molecule has 2 N–H and O–H groups in total. The van der Waals surface area contributed by atoms with Crippen LogP contribution in [0.5, 0.6) is 5.75 Å². The molecule has 9 nitrogen and oxygen atoms in total. The number of anilines is 1. The van der Waals surface area contributed by atoms with E-state index in [0.717, 1.165) is 48.5 Å². The van der Waals surface area contributed by atoms with Crippen molar-refractivity contribution in [1.29, 1.82) is 0 Å². The van der Waals surface area contributed by atoms with Crippen LogP contribution in [-0.4, -0.2) is 56.6 Å². The average molecular weight is 622 g/mol. The smallest absolute Gasteiger partial charge is 0.267 e. The molecule has 40 heavy (non-hydrogen) atoms. The number of likely N-dealkylation sites (tertiary alicyclic amines) is 1. The topological polar surface area (TPSA) is 105 Å². The lowest BCUT2D eigenvalue weighted by molar-refractivity contribution is 0.171. The Morgan fingerprint density at radius 2 is 1.85 bits per heavy atom. The number of hydrogen-bond donors (Lipinski definition) is 2. The number of rotatable bonds is 8. The molecule has 1 aliphatic rings. The Kier molecular flexibility index (Phi) is 7.35. The molecule has 5 aromatic rings. The second kappa shape index (κ2) is 11.1. The molecule has 0 bridgehead atoms. The second-order valence-electron chi connectivity index (χ2n) is 10.0. The summed E-state index contributed by atoms with van der Waals surface area (Å²) in [5.74, 6) is 1.32. The van der Waals surface area contributed by atoms with Gasteiger partial charge in [0.1, 0.15) is 11.6 Å². The third-order valence-corrected chi connectivity index (χ3v) is 9.56. The number of halogens is 1. The number of para-hydroxylation sites is 1. The average Bonchev–Trinajstić information content (AvgIpc) is 3.60. The Morgan fingerprint density at radius 3 is 2.67 bits per heavy atom. The van der Waals surface area contributed by atoms with Crippen LogP contribution in [0.25, 0.3) is 16.9 Å². The minimum absolute atomic E-state index is 0.169. The molecule has 2 aromatic carbocycles. The highest BCUT2D eigenvalue weighted by molar-refractivity contribution is 9.10. The fourth-order valence-electron chi connectivity index (χ4n) is 5.29. The number of nitrogens with zero attached hydrogens (tertiary/aromatic N) is 5. The van der Waals surface area contributed by atoms with E-state index in [2.05, 4.69) is 31.2 Å². The van der Waals surface area contributed by atoms with Crippen LogP contribution in [0.2, 0.25) is 0 Å². The van der Waals surface area contributed by atoms with Gasteiger partial charge in [0.25, 0.3) is 10.0 Å². The number of nitrogens with one attached hydrogen (secondary N) is 1. The zero-order valence-electron chi connectivity index (χ0n) is 21.7. The van der Waals surface area contributed by atoms with E-state index in [0.29, 0.717) is 29.4 Å². The van der Waals surface area contributed by atoms with Crippen LogP contribution in [0.3, 0.4) is 0 Å². The van der Waals surface area contributed by atoms with E-state index >= 15 is 0 Å². The van der Waals surface area contributed by atoms with Crippen molar-refractivity contribution < 1.29 is 13.5 Å². The molecule has 1 saturated heterocycles. The number of benzene rings is 2. The molecular formula is C29H29BrN6O3S. The van der Waals surface area contributed by atoms with Crippen molar-refractivity contribution in [3.05, 3.63) is 95.4 Å². The first-order chi connectivity index (χ1) is 19.4. The molecule has 1 aliphatic heterocycles. The highest BCUT2D eigenvalue weighted by Crippen LogP contribution is 2.31. The van der Waals surface area contributed by atoms with E-state index in [-0.39, 0.29) is 10.6 Å². The molecule has 3 aromatic heterocycles. The zero-order valence-corrected chi connectivity index (χ0v) is 24.1. The molecule has 0 radical (unpaired) electrons. The highest BCUT2D eigenvalue weighted by Gasteiger charge is 2.24. The number of aromatic hydroxyl groups is 1. The van der Waals surface area contributed by atoms with E-state index in [4.69, 9.17) is 4.98 Å². The number of phenolic OH excluding ortho intramolecular Hbond substituents is 1. The van der Waals surface area contributed by atoms with Gasteiger partial charge in [-0.25, -0.2) is 17.4 Å². The lowest BCUT2D eigenvalue weighted by atomic mass is 9.98. The van der Waals surface area contributed by atoms with E-state index in [1.54, 1.807) is 59.4 Å². The Labute approximate surface area is 241 Å². The zero-order chi connectivity index (χ0) is 27.7. The summed E-state index contributed by atoms with van der Waals surface area (Å²) in [6, 6.07) is 21.3. The van der Waals surface area contributed by atoms with Crippen molar-refractivity contribution in [2.45, 2.75) is 24.3 Å². The van der Waals surface area contributed by atoms with E-state index in [1.165, 1.54) is 3.97 Å². The maximum atomic E-state index is 13.2. The number of aromatic nitrogens is 4. The summed E-state index contributed by atoms with van der Waals surface area (Å²) >= 11 is 3.54. The minimum atomic E-state index is -3.65. The molecule has 0 spiro atoms. The maximum absolute atomic E-state index is 13.2. The lowest BCUT2D eigenvalue weighted by Crippen LogP contribution is -2.38. The predicted molar refractivity (Wildman–Crippen MR) is 158 cm³/mol. The van der Waals surface area contributed by atoms with Gasteiger partial charge in [0, 0.05) is 43.2 Å². The van der Waals surface area contributed by atoms with Gasteiger partial charge in [-0.3, -0.25) is 4.90 Å². The molecule has 1 unspecified atom stereocenters. The third-order valence-electron chi connectivity index (χ3n) is 7.26. The van der Waals surface area contributed by atoms with Crippen LogP contribution in [0.4, 0.5) is 5.82 Å².